The molecule has 1 amide bonds. The van der Waals surface area contributed by atoms with E-state index in [0.717, 1.165) is 4.90 Å². The van der Waals surface area contributed by atoms with Gasteiger partial charge in [0, 0.05) is 20.1 Å². The van der Waals surface area contributed by atoms with Crippen molar-refractivity contribution in [1.82, 2.24) is 4.90 Å². The predicted molar refractivity (Wildman–Crippen MR) is 83.3 cm³/mol. The van der Waals surface area contributed by atoms with E-state index in [4.69, 9.17) is 21.5 Å². The van der Waals surface area contributed by atoms with E-state index >= 15 is 0 Å². The zero-order chi connectivity index (χ0) is 17.5. The van der Waals surface area contributed by atoms with Gasteiger partial charge in [-0.15, -0.1) is 11.3 Å². The zero-order valence-corrected chi connectivity index (χ0v) is 14.7. The number of rotatable bonds is 4. The lowest BCUT2D eigenvalue weighted by molar-refractivity contribution is -0.141. The second kappa shape index (κ2) is 6.36. The first-order chi connectivity index (χ1) is 10.6. The van der Waals surface area contributed by atoms with Crippen LogP contribution < -0.4 is 5.14 Å². The van der Waals surface area contributed by atoms with Gasteiger partial charge < -0.3 is 14.7 Å². The Labute approximate surface area is 141 Å². The molecule has 0 spiro atoms. The second-order valence-electron chi connectivity index (χ2n) is 5.11. The lowest BCUT2D eigenvalue weighted by Crippen LogP contribution is -2.40. The van der Waals surface area contributed by atoms with E-state index in [1.807, 2.05) is 0 Å². The Bertz CT molecular complexity index is 760. The standard InChI is InChI=1S/C12H15ClN2O6S2/c1-5-8(13)9(22-12(5)23(14,19)20)10(16)15-4-6(21-2)3-7(15)11(17)18/h6-7H,3-4H2,1-2H3,(H,17,18)(H2,14,19,20)/t6-,7+/m0/s1. The van der Waals surface area contributed by atoms with Crippen molar-refractivity contribution in [2.24, 2.45) is 5.14 Å². The van der Waals surface area contributed by atoms with Crippen LogP contribution in [-0.4, -0.2) is 56.1 Å². The summed E-state index contributed by atoms with van der Waals surface area (Å²) >= 11 is 6.70. The molecule has 0 bridgehead atoms. The normalized spacial score (nSPS) is 21.7. The number of sulfonamides is 1. The summed E-state index contributed by atoms with van der Waals surface area (Å²) in [5.41, 5.74) is 0.178. The Morgan fingerprint density at radius 3 is 2.52 bits per heavy atom. The number of amides is 1. The second-order valence-corrected chi connectivity index (χ2v) is 8.26. The number of thiophene rings is 1. The van der Waals surface area contributed by atoms with Crippen molar-refractivity contribution in [2.45, 2.75) is 29.7 Å². The van der Waals surface area contributed by atoms with Gasteiger partial charge in [0.2, 0.25) is 10.0 Å². The number of carboxylic acid groups (broad SMARTS) is 1. The molecule has 2 heterocycles. The highest BCUT2D eigenvalue weighted by Crippen LogP contribution is 2.37. The number of hydrogen-bond donors (Lipinski definition) is 2. The van der Waals surface area contributed by atoms with Crippen LogP contribution in [0.4, 0.5) is 0 Å². The Morgan fingerprint density at radius 1 is 1.48 bits per heavy atom. The highest BCUT2D eigenvalue weighted by atomic mass is 35.5. The van der Waals surface area contributed by atoms with E-state index in [0.29, 0.717) is 11.3 Å². The molecule has 0 aromatic carbocycles. The van der Waals surface area contributed by atoms with Crippen molar-refractivity contribution in [3.05, 3.63) is 15.5 Å². The molecular formula is C12H15ClN2O6S2. The molecule has 8 nitrogen and oxygen atoms in total. The molecule has 2 rings (SSSR count). The van der Waals surface area contributed by atoms with Crippen LogP contribution >= 0.6 is 22.9 Å². The molecule has 128 valence electrons. The van der Waals surface area contributed by atoms with E-state index in [1.54, 1.807) is 0 Å². The average molecular weight is 383 g/mol. The maximum absolute atomic E-state index is 12.6. The van der Waals surface area contributed by atoms with Gasteiger partial charge >= 0.3 is 5.97 Å². The topological polar surface area (TPSA) is 127 Å². The summed E-state index contributed by atoms with van der Waals surface area (Å²) in [5, 5.41) is 14.3. The molecule has 1 aromatic heterocycles. The lowest BCUT2D eigenvalue weighted by atomic mass is 10.2. The van der Waals surface area contributed by atoms with Crippen molar-refractivity contribution in [1.29, 1.82) is 0 Å². The number of carbonyl (C=O) groups excluding carboxylic acids is 1. The zero-order valence-electron chi connectivity index (χ0n) is 12.3. The fraction of sp³-hybridized carbons (Fsp3) is 0.500. The van der Waals surface area contributed by atoms with Gasteiger partial charge in [-0.05, 0) is 12.5 Å². The fourth-order valence-corrected chi connectivity index (χ4v) is 4.97. The number of primary sulfonamides is 1. The van der Waals surface area contributed by atoms with Gasteiger partial charge in [0.25, 0.3) is 5.91 Å². The highest BCUT2D eigenvalue weighted by Gasteiger charge is 2.41. The monoisotopic (exact) mass is 382 g/mol. The van der Waals surface area contributed by atoms with E-state index < -0.39 is 34.0 Å². The molecule has 0 unspecified atom stereocenters. The summed E-state index contributed by atoms with van der Waals surface area (Å²) in [4.78, 5) is 25.0. The average Bonchev–Trinajstić information content (AvgIpc) is 3.01. The minimum Gasteiger partial charge on any atom is -0.480 e. The molecule has 0 saturated carbocycles. The third-order valence-electron chi connectivity index (χ3n) is 3.62. The molecule has 1 aliphatic heterocycles. The van der Waals surface area contributed by atoms with Crippen molar-refractivity contribution in [2.75, 3.05) is 13.7 Å². The quantitative estimate of drug-likeness (QED) is 0.787. The third-order valence-corrected chi connectivity index (χ3v) is 7.05. The molecule has 3 N–H and O–H groups in total. The van der Waals surface area contributed by atoms with E-state index in [1.165, 1.54) is 14.0 Å². The van der Waals surface area contributed by atoms with Crippen LogP contribution in [0.3, 0.4) is 0 Å². The number of carboxylic acids is 1. The molecule has 11 heteroatoms. The first-order valence-corrected chi connectivity index (χ1v) is 9.20. The number of nitrogens with zero attached hydrogens (tertiary/aromatic N) is 1. The molecule has 2 atom stereocenters. The van der Waals surface area contributed by atoms with Gasteiger partial charge in [-0.1, -0.05) is 11.6 Å². The molecule has 0 aliphatic carbocycles. The summed E-state index contributed by atoms with van der Waals surface area (Å²) in [6, 6.07) is -1.05. The molecule has 1 saturated heterocycles. The van der Waals surface area contributed by atoms with Crippen LogP contribution in [0.25, 0.3) is 0 Å². The third kappa shape index (κ3) is 3.36. The Kier molecular flexibility index (Phi) is 5.02. The Balaban J connectivity index is 2.43. The molecule has 1 aromatic rings. The summed E-state index contributed by atoms with van der Waals surface area (Å²) < 4.78 is 28.0. The molecule has 1 fully saturated rings. The summed E-state index contributed by atoms with van der Waals surface area (Å²) in [7, 11) is -2.59. The van der Waals surface area contributed by atoms with Crippen LogP contribution in [0.2, 0.25) is 5.02 Å². The number of likely N-dealkylation sites (tertiary alicyclic amines) is 1. The highest BCUT2D eigenvalue weighted by molar-refractivity contribution is 7.91. The maximum atomic E-state index is 12.6. The van der Waals surface area contributed by atoms with Gasteiger partial charge in [0.15, 0.2) is 0 Å². The van der Waals surface area contributed by atoms with Crippen LogP contribution in [0, 0.1) is 6.92 Å². The van der Waals surface area contributed by atoms with Gasteiger partial charge in [0.1, 0.15) is 15.1 Å². The van der Waals surface area contributed by atoms with Crippen molar-refractivity contribution >= 4 is 44.8 Å². The SMILES string of the molecule is CO[C@H]1C[C@H](C(=O)O)N(C(=O)c2sc(S(N)(=O)=O)c(C)c2Cl)C1. The van der Waals surface area contributed by atoms with Crippen molar-refractivity contribution in [3.63, 3.8) is 0 Å². The minimum atomic E-state index is -4.02. The molecule has 23 heavy (non-hydrogen) atoms. The molecular weight excluding hydrogens is 368 g/mol. The maximum Gasteiger partial charge on any atom is 0.326 e. The predicted octanol–water partition coefficient (Wildman–Crippen LogP) is 0.671. The number of nitrogens with two attached hydrogens (primary N) is 1. The van der Waals surface area contributed by atoms with E-state index in [2.05, 4.69) is 0 Å². The van der Waals surface area contributed by atoms with Crippen molar-refractivity contribution in [3.8, 4) is 0 Å². The lowest BCUT2D eigenvalue weighted by Gasteiger charge is -2.20. The summed E-state index contributed by atoms with van der Waals surface area (Å²) in [6.07, 6.45) is -0.251. The minimum absolute atomic E-state index is 0.0333. The summed E-state index contributed by atoms with van der Waals surface area (Å²) in [5.74, 6) is -1.81. The molecule has 0 radical (unpaired) electrons. The van der Waals surface area contributed by atoms with Crippen LogP contribution in [-0.2, 0) is 19.6 Å². The summed E-state index contributed by atoms with van der Waals surface area (Å²) in [6.45, 7) is 1.52. The number of carbonyl (C=O) groups is 2. The smallest absolute Gasteiger partial charge is 0.326 e. The van der Waals surface area contributed by atoms with Gasteiger partial charge in [-0.25, -0.2) is 18.4 Å². The van der Waals surface area contributed by atoms with Crippen LogP contribution in [0.15, 0.2) is 4.21 Å². The first kappa shape index (κ1) is 18.1. The Hall–Kier alpha value is -1.20. The number of halogens is 1. The van der Waals surface area contributed by atoms with Crippen LogP contribution in [0.1, 0.15) is 21.7 Å². The first-order valence-electron chi connectivity index (χ1n) is 6.46. The number of hydrogen-bond acceptors (Lipinski definition) is 6. The number of methoxy groups -OCH3 is 1. The molecule has 1 aliphatic rings. The van der Waals surface area contributed by atoms with Crippen LogP contribution in [0.5, 0.6) is 0 Å². The largest absolute Gasteiger partial charge is 0.480 e. The van der Waals surface area contributed by atoms with Gasteiger partial charge in [0.05, 0.1) is 11.1 Å². The number of aliphatic carboxylic acids is 1. The van der Waals surface area contributed by atoms with Gasteiger partial charge in [-0.2, -0.15) is 0 Å². The fourth-order valence-electron chi connectivity index (χ4n) is 2.44. The van der Waals surface area contributed by atoms with Crippen molar-refractivity contribution < 1.29 is 27.9 Å². The van der Waals surface area contributed by atoms with E-state index in [9.17, 15) is 23.1 Å². The number of ether oxygens (including phenoxy) is 1. The van der Waals surface area contributed by atoms with Gasteiger partial charge in [-0.3, -0.25) is 4.79 Å². The Morgan fingerprint density at radius 2 is 2.09 bits per heavy atom. The van der Waals surface area contributed by atoms with E-state index in [-0.39, 0.29) is 32.6 Å².